The first kappa shape index (κ1) is 15.0. The molecule has 4 nitrogen and oxygen atoms in total. The van der Waals surface area contributed by atoms with E-state index in [0.29, 0.717) is 11.3 Å². The molecule has 2 aromatic rings. The van der Waals surface area contributed by atoms with Crippen LogP contribution < -0.4 is 5.32 Å². The number of hydrogen-bond acceptors (Lipinski definition) is 4. The summed E-state index contributed by atoms with van der Waals surface area (Å²) < 4.78 is 36.9. The lowest BCUT2D eigenvalue weighted by molar-refractivity contribution is 0.596. The molecule has 108 valence electrons. The number of nitrogens with one attached hydrogen (secondary N) is 1. The number of benzene rings is 2. The second-order valence-corrected chi connectivity index (χ2v) is 6.50. The minimum absolute atomic E-state index is 0.0870. The standard InChI is InChI=1S/C15H13FN2O2S/c16-13-3-5-14(6-4-13)18-9-10-21(19,20)15-7-1-12(11-17)2-8-15/h1-8,18H,9-10H2. The number of sulfone groups is 1. The molecule has 0 bridgehead atoms. The summed E-state index contributed by atoms with van der Waals surface area (Å²) in [6, 6.07) is 13.4. The third-order valence-corrected chi connectivity index (χ3v) is 4.62. The van der Waals surface area contributed by atoms with Crippen LogP contribution in [0.3, 0.4) is 0 Å². The van der Waals surface area contributed by atoms with E-state index in [1.807, 2.05) is 6.07 Å². The number of hydrogen-bond donors (Lipinski definition) is 1. The minimum atomic E-state index is -3.41. The van der Waals surface area contributed by atoms with Crippen molar-refractivity contribution in [2.75, 3.05) is 17.6 Å². The monoisotopic (exact) mass is 304 g/mol. The predicted octanol–water partition coefficient (Wildman–Crippen LogP) is 2.58. The van der Waals surface area contributed by atoms with Crippen molar-refractivity contribution in [1.29, 1.82) is 5.26 Å². The van der Waals surface area contributed by atoms with Crippen molar-refractivity contribution in [2.24, 2.45) is 0 Å². The molecule has 0 aliphatic rings. The zero-order valence-electron chi connectivity index (χ0n) is 11.1. The molecule has 0 aliphatic carbocycles. The molecule has 0 aliphatic heterocycles. The summed E-state index contributed by atoms with van der Waals surface area (Å²) in [4.78, 5) is 0.183. The Labute approximate surface area is 122 Å². The fraction of sp³-hybridized carbons (Fsp3) is 0.133. The van der Waals surface area contributed by atoms with Crippen LogP contribution in [0, 0.1) is 17.1 Å². The molecule has 0 unspecified atom stereocenters. The summed E-state index contributed by atoms with van der Waals surface area (Å²) in [7, 11) is -3.41. The van der Waals surface area contributed by atoms with E-state index in [1.165, 1.54) is 36.4 Å². The van der Waals surface area contributed by atoms with Crippen LogP contribution >= 0.6 is 0 Å². The maximum atomic E-state index is 12.7. The molecule has 0 fully saturated rings. The van der Waals surface area contributed by atoms with Gasteiger partial charge in [0.05, 0.1) is 22.3 Å². The fourth-order valence-electron chi connectivity index (χ4n) is 1.75. The first-order valence-corrected chi connectivity index (χ1v) is 7.89. The van der Waals surface area contributed by atoms with E-state index in [9.17, 15) is 12.8 Å². The van der Waals surface area contributed by atoms with Gasteiger partial charge in [-0.3, -0.25) is 0 Å². The lowest BCUT2D eigenvalue weighted by atomic mass is 10.2. The molecular formula is C15H13FN2O2S. The minimum Gasteiger partial charge on any atom is -0.384 e. The Kier molecular flexibility index (Phi) is 4.55. The van der Waals surface area contributed by atoms with Gasteiger partial charge in [0, 0.05) is 12.2 Å². The summed E-state index contributed by atoms with van der Waals surface area (Å²) in [5.41, 5.74) is 1.07. The van der Waals surface area contributed by atoms with Gasteiger partial charge in [-0.05, 0) is 48.5 Å². The molecule has 0 saturated carbocycles. The van der Waals surface area contributed by atoms with Crippen LogP contribution in [0.4, 0.5) is 10.1 Å². The number of rotatable bonds is 5. The Bertz CT molecular complexity index is 748. The quantitative estimate of drug-likeness (QED) is 0.921. The third kappa shape index (κ3) is 4.04. The zero-order valence-corrected chi connectivity index (χ0v) is 11.9. The van der Waals surface area contributed by atoms with Crippen molar-refractivity contribution >= 4 is 15.5 Å². The van der Waals surface area contributed by atoms with Gasteiger partial charge in [0.1, 0.15) is 5.82 Å². The average molecular weight is 304 g/mol. The smallest absolute Gasteiger partial charge is 0.180 e. The van der Waals surface area contributed by atoms with Crippen molar-refractivity contribution < 1.29 is 12.8 Å². The fourth-order valence-corrected chi connectivity index (χ4v) is 2.91. The van der Waals surface area contributed by atoms with Crippen LogP contribution in [0.5, 0.6) is 0 Å². The van der Waals surface area contributed by atoms with Crippen molar-refractivity contribution in [3.8, 4) is 6.07 Å². The van der Waals surface area contributed by atoms with E-state index in [1.54, 1.807) is 12.1 Å². The maximum Gasteiger partial charge on any atom is 0.180 e. The molecule has 0 amide bonds. The van der Waals surface area contributed by atoms with Gasteiger partial charge in [-0.1, -0.05) is 0 Å². The highest BCUT2D eigenvalue weighted by atomic mass is 32.2. The molecule has 21 heavy (non-hydrogen) atoms. The lowest BCUT2D eigenvalue weighted by Gasteiger charge is -2.07. The van der Waals surface area contributed by atoms with Crippen molar-refractivity contribution in [2.45, 2.75) is 4.90 Å². The summed E-state index contributed by atoms with van der Waals surface area (Å²) >= 11 is 0. The van der Waals surface area contributed by atoms with Gasteiger partial charge in [-0.25, -0.2) is 12.8 Å². The molecule has 0 atom stereocenters. The van der Waals surface area contributed by atoms with Gasteiger partial charge in [-0.15, -0.1) is 0 Å². The molecular weight excluding hydrogens is 291 g/mol. The summed E-state index contributed by atoms with van der Waals surface area (Å²) in [5.74, 6) is -0.429. The maximum absolute atomic E-state index is 12.7. The van der Waals surface area contributed by atoms with E-state index in [-0.39, 0.29) is 23.0 Å². The first-order valence-electron chi connectivity index (χ1n) is 6.24. The predicted molar refractivity (Wildman–Crippen MR) is 78.1 cm³/mol. The summed E-state index contributed by atoms with van der Waals surface area (Å²) in [5, 5.41) is 11.6. The van der Waals surface area contributed by atoms with Gasteiger partial charge < -0.3 is 5.32 Å². The molecule has 6 heteroatoms. The molecule has 2 rings (SSSR count). The van der Waals surface area contributed by atoms with E-state index < -0.39 is 9.84 Å². The van der Waals surface area contributed by atoms with Gasteiger partial charge in [0.25, 0.3) is 0 Å². The highest BCUT2D eigenvalue weighted by Crippen LogP contribution is 2.13. The van der Waals surface area contributed by atoms with E-state index in [0.717, 1.165) is 0 Å². The van der Waals surface area contributed by atoms with Crippen LogP contribution in [0.15, 0.2) is 53.4 Å². The van der Waals surface area contributed by atoms with Crippen molar-refractivity contribution in [1.82, 2.24) is 0 Å². The highest BCUT2D eigenvalue weighted by molar-refractivity contribution is 7.91. The van der Waals surface area contributed by atoms with E-state index in [4.69, 9.17) is 5.26 Å². The van der Waals surface area contributed by atoms with Crippen LogP contribution in [-0.2, 0) is 9.84 Å². The largest absolute Gasteiger partial charge is 0.384 e. The molecule has 2 aromatic carbocycles. The van der Waals surface area contributed by atoms with Gasteiger partial charge in [0.2, 0.25) is 0 Å². The Morgan fingerprint density at radius 2 is 1.67 bits per heavy atom. The topological polar surface area (TPSA) is 70.0 Å². The highest BCUT2D eigenvalue weighted by Gasteiger charge is 2.13. The zero-order chi connectivity index (χ0) is 15.3. The first-order chi connectivity index (χ1) is 10.0. The summed E-state index contributed by atoms with van der Waals surface area (Å²) in [6.45, 7) is 0.216. The lowest BCUT2D eigenvalue weighted by Crippen LogP contribution is -2.15. The SMILES string of the molecule is N#Cc1ccc(S(=O)(=O)CCNc2ccc(F)cc2)cc1. The molecule has 0 heterocycles. The Morgan fingerprint density at radius 1 is 1.05 bits per heavy atom. The normalized spacial score (nSPS) is 10.9. The Morgan fingerprint density at radius 3 is 2.24 bits per heavy atom. The van der Waals surface area contributed by atoms with Crippen LogP contribution in [0.25, 0.3) is 0 Å². The van der Waals surface area contributed by atoms with Crippen LogP contribution in [0.1, 0.15) is 5.56 Å². The molecule has 0 spiro atoms. The third-order valence-electron chi connectivity index (χ3n) is 2.89. The van der Waals surface area contributed by atoms with Crippen molar-refractivity contribution in [3.05, 3.63) is 59.9 Å². The Hall–Kier alpha value is -2.39. The van der Waals surface area contributed by atoms with Gasteiger partial charge >= 0.3 is 0 Å². The van der Waals surface area contributed by atoms with Crippen LogP contribution in [0.2, 0.25) is 0 Å². The van der Waals surface area contributed by atoms with Crippen molar-refractivity contribution in [3.63, 3.8) is 0 Å². The number of nitriles is 1. The molecule has 1 N–H and O–H groups in total. The number of nitrogens with zero attached hydrogens (tertiary/aromatic N) is 1. The Balaban J connectivity index is 1.97. The second kappa shape index (κ2) is 6.37. The number of anilines is 1. The number of halogens is 1. The van der Waals surface area contributed by atoms with E-state index in [2.05, 4.69) is 5.32 Å². The van der Waals surface area contributed by atoms with Gasteiger partial charge in [0.15, 0.2) is 9.84 Å². The molecule has 0 saturated heterocycles. The molecule has 0 aromatic heterocycles. The summed E-state index contributed by atoms with van der Waals surface area (Å²) in [6.07, 6.45) is 0. The average Bonchev–Trinajstić information content (AvgIpc) is 2.49. The second-order valence-electron chi connectivity index (χ2n) is 4.39. The van der Waals surface area contributed by atoms with Gasteiger partial charge in [-0.2, -0.15) is 5.26 Å². The van der Waals surface area contributed by atoms with E-state index >= 15 is 0 Å². The van der Waals surface area contributed by atoms with Crippen LogP contribution in [-0.4, -0.2) is 20.7 Å². The molecule has 0 radical (unpaired) electrons.